The molecule has 0 aliphatic rings. The van der Waals surface area contributed by atoms with E-state index in [1.54, 1.807) is 0 Å². The van der Waals surface area contributed by atoms with Crippen molar-refractivity contribution in [3.8, 4) is 0 Å². The Morgan fingerprint density at radius 2 is 0.926 bits per heavy atom. The lowest BCUT2D eigenvalue weighted by Gasteiger charge is -2.24. The number of rotatable bonds is 43. The fourth-order valence-corrected chi connectivity index (χ4v) is 7.43. The van der Waals surface area contributed by atoms with E-state index in [0.717, 1.165) is 64.2 Å². The summed E-state index contributed by atoms with van der Waals surface area (Å²) in [7, 11) is 0. The second-order valence-corrected chi connectivity index (χ2v) is 16.5. The zero-order chi connectivity index (χ0) is 39.6. The zero-order valence-electron chi connectivity index (χ0n) is 36.4. The summed E-state index contributed by atoms with van der Waals surface area (Å²) in [6.07, 6.45) is 45.7. The second kappa shape index (κ2) is 42.7. The van der Waals surface area contributed by atoms with Gasteiger partial charge in [0.15, 0.2) is 0 Å². The third-order valence-electron chi connectivity index (χ3n) is 11.1. The maximum Gasteiger partial charge on any atom is 0.306 e. The summed E-state index contributed by atoms with van der Waals surface area (Å²) in [5.41, 5.74) is 0. The summed E-state index contributed by atoms with van der Waals surface area (Å²) in [5, 5.41) is 23.6. The lowest BCUT2D eigenvalue weighted by Crippen LogP contribution is -2.46. The van der Waals surface area contributed by atoms with Crippen molar-refractivity contribution in [3.05, 3.63) is 12.2 Å². The molecular formula is C48H93NO5. The van der Waals surface area contributed by atoms with Gasteiger partial charge in [0.25, 0.3) is 0 Å². The van der Waals surface area contributed by atoms with Gasteiger partial charge < -0.3 is 20.3 Å². The van der Waals surface area contributed by atoms with Crippen LogP contribution < -0.4 is 5.32 Å². The van der Waals surface area contributed by atoms with Crippen LogP contribution in [0.3, 0.4) is 0 Å². The standard InChI is InChI=1S/C48H93NO5/c1-4-7-10-13-16-19-21-22-23-24-25-27-29-32-35-38-41-48(53)54-44(39-36-33-30-18-15-12-9-6-3)42-47(52)49-45(43-50)46(51)40-37-34-31-28-26-20-17-14-11-8-5-2/h12,15,44-46,50-51H,4-11,13-14,16-43H2,1-3H3,(H,49,52)/b15-12-. The molecule has 0 bridgehead atoms. The molecule has 320 valence electrons. The van der Waals surface area contributed by atoms with Crippen molar-refractivity contribution in [1.82, 2.24) is 5.32 Å². The number of ether oxygens (including phenoxy) is 1. The number of hydrogen-bond acceptors (Lipinski definition) is 5. The first-order valence-electron chi connectivity index (χ1n) is 23.9. The van der Waals surface area contributed by atoms with Crippen LogP contribution in [0.25, 0.3) is 0 Å². The molecule has 0 saturated carbocycles. The Kier molecular flexibility index (Phi) is 41.6. The molecule has 3 unspecified atom stereocenters. The highest BCUT2D eigenvalue weighted by Gasteiger charge is 2.24. The van der Waals surface area contributed by atoms with Gasteiger partial charge >= 0.3 is 5.97 Å². The van der Waals surface area contributed by atoms with Gasteiger partial charge in [-0.25, -0.2) is 0 Å². The largest absolute Gasteiger partial charge is 0.462 e. The average Bonchev–Trinajstić information content (AvgIpc) is 3.16. The van der Waals surface area contributed by atoms with Gasteiger partial charge in [-0.05, 0) is 44.9 Å². The van der Waals surface area contributed by atoms with E-state index in [1.807, 2.05) is 0 Å². The van der Waals surface area contributed by atoms with E-state index >= 15 is 0 Å². The molecule has 0 aromatic rings. The van der Waals surface area contributed by atoms with Crippen molar-refractivity contribution in [2.75, 3.05) is 6.61 Å². The second-order valence-electron chi connectivity index (χ2n) is 16.5. The minimum atomic E-state index is -0.783. The molecule has 0 spiro atoms. The number of esters is 1. The molecule has 0 aromatic carbocycles. The molecule has 0 rings (SSSR count). The lowest BCUT2D eigenvalue weighted by atomic mass is 10.0. The van der Waals surface area contributed by atoms with Crippen LogP contribution >= 0.6 is 0 Å². The van der Waals surface area contributed by atoms with E-state index in [9.17, 15) is 19.8 Å². The number of aliphatic hydroxyl groups is 2. The molecule has 0 heterocycles. The Balaban J connectivity index is 4.41. The molecule has 0 fully saturated rings. The summed E-state index contributed by atoms with van der Waals surface area (Å²) in [6.45, 7) is 6.41. The van der Waals surface area contributed by atoms with Gasteiger partial charge in [-0.1, -0.05) is 213 Å². The smallest absolute Gasteiger partial charge is 0.306 e. The maximum atomic E-state index is 13.1. The Bertz CT molecular complexity index is 817. The summed E-state index contributed by atoms with van der Waals surface area (Å²) in [4.78, 5) is 25.9. The van der Waals surface area contributed by atoms with Crippen molar-refractivity contribution >= 4 is 11.9 Å². The van der Waals surface area contributed by atoms with E-state index in [-0.39, 0.29) is 24.9 Å². The minimum Gasteiger partial charge on any atom is -0.462 e. The molecule has 0 radical (unpaired) electrons. The molecular weight excluding hydrogens is 671 g/mol. The molecule has 6 heteroatoms. The van der Waals surface area contributed by atoms with Crippen LogP contribution in [0, 0.1) is 0 Å². The van der Waals surface area contributed by atoms with Gasteiger partial charge in [0, 0.05) is 6.42 Å². The Labute approximate surface area is 336 Å². The predicted molar refractivity (Wildman–Crippen MR) is 232 cm³/mol. The zero-order valence-corrected chi connectivity index (χ0v) is 36.4. The van der Waals surface area contributed by atoms with Crippen LogP contribution in [0.5, 0.6) is 0 Å². The van der Waals surface area contributed by atoms with Crippen LogP contribution in [0.4, 0.5) is 0 Å². The third-order valence-corrected chi connectivity index (χ3v) is 11.1. The van der Waals surface area contributed by atoms with E-state index in [2.05, 4.69) is 38.2 Å². The fraction of sp³-hybridized carbons (Fsp3) is 0.917. The Morgan fingerprint density at radius 1 is 0.519 bits per heavy atom. The first-order chi connectivity index (χ1) is 26.5. The van der Waals surface area contributed by atoms with Gasteiger partial charge in [0.2, 0.25) is 5.91 Å². The predicted octanol–water partition coefficient (Wildman–Crippen LogP) is 13.8. The summed E-state index contributed by atoms with van der Waals surface area (Å²) >= 11 is 0. The molecule has 1 amide bonds. The lowest BCUT2D eigenvalue weighted by molar-refractivity contribution is -0.151. The van der Waals surface area contributed by atoms with Gasteiger partial charge in [-0.15, -0.1) is 0 Å². The Hall–Kier alpha value is -1.40. The van der Waals surface area contributed by atoms with E-state index in [4.69, 9.17) is 4.74 Å². The topological polar surface area (TPSA) is 95.9 Å². The van der Waals surface area contributed by atoms with Crippen molar-refractivity contribution in [3.63, 3.8) is 0 Å². The monoisotopic (exact) mass is 764 g/mol. The van der Waals surface area contributed by atoms with Crippen LogP contribution in [-0.4, -0.2) is 46.9 Å². The minimum absolute atomic E-state index is 0.0722. The number of nitrogens with one attached hydrogen (secondary N) is 1. The van der Waals surface area contributed by atoms with Crippen LogP contribution in [0.2, 0.25) is 0 Å². The summed E-state index contributed by atoms with van der Waals surface area (Å²) in [6, 6.07) is -0.697. The molecule has 54 heavy (non-hydrogen) atoms. The molecule has 3 atom stereocenters. The van der Waals surface area contributed by atoms with Crippen molar-refractivity contribution in [2.45, 2.75) is 277 Å². The molecule has 0 aliphatic heterocycles. The molecule has 0 aromatic heterocycles. The number of amides is 1. The molecule has 3 N–H and O–H groups in total. The van der Waals surface area contributed by atoms with Gasteiger partial charge in [0.1, 0.15) is 6.10 Å². The van der Waals surface area contributed by atoms with Crippen molar-refractivity contribution in [1.29, 1.82) is 0 Å². The van der Waals surface area contributed by atoms with Crippen LogP contribution in [-0.2, 0) is 14.3 Å². The van der Waals surface area contributed by atoms with Gasteiger partial charge in [-0.3, -0.25) is 9.59 Å². The molecule has 6 nitrogen and oxygen atoms in total. The number of unbranched alkanes of at least 4 members (excludes halogenated alkanes) is 29. The quantitative estimate of drug-likeness (QED) is 0.0326. The van der Waals surface area contributed by atoms with E-state index in [1.165, 1.54) is 148 Å². The van der Waals surface area contributed by atoms with E-state index in [0.29, 0.717) is 19.3 Å². The first kappa shape index (κ1) is 52.6. The average molecular weight is 764 g/mol. The molecule has 0 saturated heterocycles. The highest BCUT2D eigenvalue weighted by molar-refractivity contribution is 5.77. The summed E-state index contributed by atoms with van der Waals surface area (Å²) in [5.74, 6) is -0.481. The summed E-state index contributed by atoms with van der Waals surface area (Å²) < 4.78 is 5.89. The van der Waals surface area contributed by atoms with Crippen LogP contribution in [0.15, 0.2) is 12.2 Å². The van der Waals surface area contributed by atoms with Gasteiger partial charge in [0.05, 0.1) is 25.2 Å². The van der Waals surface area contributed by atoms with Gasteiger partial charge in [-0.2, -0.15) is 0 Å². The maximum absolute atomic E-state index is 13.1. The van der Waals surface area contributed by atoms with Crippen LogP contribution in [0.1, 0.15) is 258 Å². The Morgan fingerprint density at radius 3 is 1.39 bits per heavy atom. The molecule has 0 aliphatic carbocycles. The van der Waals surface area contributed by atoms with Crippen molar-refractivity contribution < 1.29 is 24.5 Å². The number of allylic oxidation sites excluding steroid dienone is 2. The third kappa shape index (κ3) is 37.5. The fourth-order valence-electron chi connectivity index (χ4n) is 7.43. The number of carbonyl (C=O) groups excluding carboxylic acids is 2. The highest BCUT2D eigenvalue weighted by Crippen LogP contribution is 2.18. The number of aliphatic hydroxyl groups excluding tert-OH is 2. The van der Waals surface area contributed by atoms with E-state index < -0.39 is 18.2 Å². The highest BCUT2D eigenvalue weighted by atomic mass is 16.5. The number of carbonyl (C=O) groups is 2. The SMILES string of the molecule is CCC/C=C\CCCCCC(CC(=O)NC(CO)C(O)CCCCCCCCCCCCC)OC(=O)CCCCCCCCCCCCCCCCCC. The number of hydrogen-bond donors (Lipinski definition) is 3. The van der Waals surface area contributed by atoms with Crippen molar-refractivity contribution in [2.24, 2.45) is 0 Å². The first-order valence-corrected chi connectivity index (χ1v) is 23.9. The normalized spacial score (nSPS) is 13.4.